The van der Waals surface area contributed by atoms with Crippen LogP contribution in [0.2, 0.25) is 0 Å². The second-order valence-electron chi connectivity index (χ2n) is 11.7. The van der Waals surface area contributed by atoms with Gasteiger partial charge in [-0.3, -0.25) is 4.79 Å². The van der Waals surface area contributed by atoms with Crippen molar-refractivity contribution in [2.75, 3.05) is 32.5 Å². The molecule has 0 aliphatic carbocycles. The summed E-state index contributed by atoms with van der Waals surface area (Å²) in [4.78, 5) is 41.0. The Morgan fingerprint density at radius 2 is 1.80 bits per heavy atom. The first kappa shape index (κ1) is 28.0. The third-order valence-corrected chi connectivity index (χ3v) is 7.52. The summed E-state index contributed by atoms with van der Waals surface area (Å²) in [6.45, 7) is 9.32. The van der Waals surface area contributed by atoms with Crippen LogP contribution in [-0.4, -0.2) is 63.9 Å². The Kier molecular flexibility index (Phi) is 7.38. The van der Waals surface area contributed by atoms with E-state index in [1.807, 2.05) is 31.2 Å². The molecule has 3 amide bonds. The topological polar surface area (TPSA) is 94.2 Å². The number of halogens is 1. The largest absolute Gasteiger partial charge is 0.339 e. The Morgan fingerprint density at radius 1 is 1.07 bits per heavy atom. The van der Waals surface area contributed by atoms with Crippen LogP contribution in [0.5, 0.6) is 0 Å². The molecule has 0 bridgehead atoms. The zero-order valence-corrected chi connectivity index (χ0v) is 24.3. The molecule has 2 N–H and O–H groups in total. The van der Waals surface area contributed by atoms with Crippen LogP contribution in [0.4, 0.5) is 14.9 Å². The Morgan fingerprint density at radius 3 is 2.44 bits per heavy atom. The van der Waals surface area contributed by atoms with Crippen LogP contribution >= 0.6 is 0 Å². The minimum atomic E-state index is -0.479. The number of aromatic amines is 1. The maximum atomic E-state index is 14.9. The summed E-state index contributed by atoms with van der Waals surface area (Å²) < 4.78 is 14.9. The van der Waals surface area contributed by atoms with Crippen molar-refractivity contribution in [3.63, 3.8) is 0 Å². The van der Waals surface area contributed by atoms with Crippen molar-refractivity contribution in [2.24, 2.45) is 0 Å². The number of hydrogen-bond acceptors (Lipinski definition) is 4. The van der Waals surface area contributed by atoms with E-state index in [1.54, 1.807) is 36.0 Å². The number of fused-ring (bicyclic) bond motifs is 1. The molecular formula is C32H35FN6O2. The van der Waals surface area contributed by atoms with E-state index in [2.05, 4.69) is 41.0 Å². The molecule has 0 radical (unpaired) electrons. The van der Waals surface area contributed by atoms with Gasteiger partial charge in [-0.15, -0.1) is 0 Å². The molecular weight excluding hydrogens is 519 g/mol. The predicted octanol–water partition coefficient (Wildman–Crippen LogP) is 6.39. The lowest BCUT2D eigenvalue weighted by Crippen LogP contribution is -2.41. The Labute approximate surface area is 239 Å². The van der Waals surface area contributed by atoms with Gasteiger partial charge in [-0.1, -0.05) is 39.0 Å². The molecule has 4 aromatic rings. The van der Waals surface area contributed by atoms with E-state index < -0.39 is 5.82 Å². The molecule has 2 aromatic carbocycles. The van der Waals surface area contributed by atoms with Gasteiger partial charge in [-0.2, -0.15) is 0 Å². The number of amides is 3. The number of hydrogen-bond donors (Lipinski definition) is 2. The summed E-state index contributed by atoms with van der Waals surface area (Å²) in [5.41, 5.74) is 6.42. The summed E-state index contributed by atoms with van der Waals surface area (Å²) in [6.07, 6.45) is 4.18. The molecule has 0 saturated heterocycles. The highest BCUT2D eigenvalue weighted by Gasteiger charge is 2.22. The fraction of sp³-hybridized carbons (Fsp3) is 0.312. The van der Waals surface area contributed by atoms with Gasteiger partial charge in [0.15, 0.2) is 0 Å². The minimum absolute atomic E-state index is 0.0171. The summed E-state index contributed by atoms with van der Waals surface area (Å²) in [5.74, 6) is -0.792. The molecule has 5 rings (SSSR count). The first-order valence-corrected chi connectivity index (χ1v) is 13.6. The standard InChI is InChI=1S/C32H35FN6O2/c1-19-24(15-23(33)16-26(19)37-30(40)21-7-9-22(10-8-21)32(2,3)4)28-25-17-27(36-29(25)35-18-34-28)20-11-13-39(14-12-20)31(41)38(5)6/h7-11,15-18H,12-14H2,1-6H3,(H,37,40)(H,34,35,36). The number of carbonyl (C=O) groups excluding carboxylic acids is 2. The Balaban J connectivity index is 1.44. The number of carbonyl (C=O) groups is 2. The van der Waals surface area contributed by atoms with E-state index in [1.165, 1.54) is 18.5 Å². The Hall–Kier alpha value is -4.53. The van der Waals surface area contributed by atoms with E-state index in [0.717, 1.165) is 22.2 Å². The van der Waals surface area contributed by atoms with Crippen molar-refractivity contribution in [3.8, 4) is 11.3 Å². The monoisotopic (exact) mass is 554 g/mol. The molecule has 41 heavy (non-hydrogen) atoms. The average molecular weight is 555 g/mol. The molecule has 0 atom stereocenters. The zero-order chi connectivity index (χ0) is 29.5. The van der Waals surface area contributed by atoms with Crippen molar-refractivity contribution in [2.45, 2.75) is 39.5 Å². The number of nitrogens with one attached hydrogen (secondary N) is 2. The van der Waals surface area contributed by atoms with Crippen molar-refractivity contribution in [1.29, 1.82) is 0 Å². The van der Waals surface area contributed by atoms with Gasteiger partial charge in [-0.25, -0.2) is 19.2 Å². The summed E-state index contributed by atoms with van der Waals surface area (Å²) in [6, 6.07) is 12.2. The number of nitrogens with zero attached hydrogens (tertiary/aromatic N) is 4. The molecule has 0 saturated carbocycles. The fourth-order valence-electron chi connectivity index (χ4n) is 5.07. The third kappa shape index (κ3) is 5.70. The summed E-state index contributed by atoms with van der Waals surface area (Å²) in [5, 5.41) is 3.64. The van der Waals surface area contributed by atoms with Crippen LogP contribution in [0.15, 0.2) is 54.9 Å². The highest BCUT2D eigenvalue weighted by Crippen LogP contribution is 2.35. The SMILES string of the molecule is Cc1c(NC(=O)c2ccc(C(C)(C)C)cc2)cc(F)cc1-c1ncnc2[nH]c(C3=CCN(C(=O)N(C)C)CC3)cc12. The second-order valence-corrected chi connectivity index (χ2v) is 11.7. The van der Waals surface area contributed by atoms with E-state index in [9.17, 15) is 14.0 Å². The first-order chi connectivity index (χ1) is 19.4. The molecule has 212 valence electrons. The number of H-pyrrole nitrogens is 1. The van der Waals surface area contributed by atoms with Crippen LogP contribution in [0.25, 0.3) is 27.9 Å². The van der Waals surface area contributed by atoms with Crippen LogP contribution in [0.3, 0.4) is 0 Å². The molecule has 2 aromatic heterocycles. The summed E-state index contributed by atoms with van der Waals surface area (Å²) in [7, 11) is 3.49. The maximum Gasteiger partial charge on any atom is 0.319 e. The van der Waals surface area contributed by atoms with Gasteiger partial charge in [0.1, 0.15) is 17.8 Å². The van der Waals surface area contributed by atoms with E-state index in [0.29, 0.717) is 53.2 Å². The van der Waals surface area contributed by atoms with Crippen molar-refractivity contribution >= 4 is 34.2 Å². The van der Waals surface area contributed by atoms with Gasteiger partial charge in [0.2, 0.25) is 0 Å². The lowest BCUT2D eigenvalue weighted by molar-refractivity contribution is 0.102. The predicted molar refractivity (Wildman–Crippen MR) is 160 cm³/mol. The van der Waals surface area contributed by atoms with Crippen molar-refractivity contribution in [1.82, 2.24) is 24.8 Å². The van der Waals surface area contributed by atoms with Gasteiger partial charge in [0.25, 0.3) is 5.91 Å². The van der Waals surface area contributed by atoms with E-state index >= 15 is 0 Å². The normalized spacial score (nSPS) is 13.7. The first-order valence-electron chi connectivity index (χ1n) is 13.6. The molecule has 1 aliphatic rings. The quantitative estimate of drug-likeness (QED) is 0.306. The zero-order valence-electron chi connectivity index (χ0n) is 24.3. The lowest BCUT2D eigenvalue weighted by atomic mass is 9.86. The second kappa shape index (κ2) is 10.8. The Bertz CT molecular complexity index is 1660. The van der Waals surface area contributed by atoms with Gasteiger partial charge >= 0.3 is 6.03 Å². The molecule has 3 heterocycles. The van der Waals surface area contributed by atoms with Gasteiger partial charge in [0.05, 0.1) is 5.69 Å². The molecule has 0 fully saturated rings. The van der Waals surface area contributed by atoms with Crippen molar-refractivity contribution in [3.05, 3.63) is 83.1 Å². The van der Waals surface area contributed by atoms with Crippen LogP contribution < -0.4 is 5.32 Å². The van der Waals surface area contributed by atoms with Gasteiger partial charge in [-0.05, 0) is 65.8 Å². The molecule has 1 aliphatic heterocycles. The van der Waals surface area contributed by atoms with Crippen LogP contribution in [-0.2, 0) is 5.41 Å². The molecule has 9 heteroatoms. The number of rotatable bonds is 4. The number of anilines is 1. The van der Waals surface area contributed by atoms with Crippen LogP contribution in [0, 0.1) is 12.7 Å². The minimum Gasteiger partial charge on any atom is -0.339 e. The third-order valence-electron chi connectivity index (χ3n) is 7.52. The molecule has 8 nitrogen and oxygen atoms in total. The summed E-state index contributed by atoms with van der Waals surface area (Å²) >= 11 is 0. The molecule has 0 unspecified atom stereocenters. The van der Waals surface area contributed by atoms with E-state index in [-0.39, 0.29) is 17.4 Å². The van der Waals surface area contributed by atoms with Crippen LogP contribution in [0.1, 0.15) is 54.4 Å². The van der Waals surface area contributed by atoms with Gasteiger partial charge in [0, 0.05) is 55.1 Å². The molecule has 0 spiro atoms. The number of urea groups is 1. The van der Waals surface area contributed by atoms with E-state index in [4.69, 9.17) is 0 Å². The highest BCUT2D eigenvalue weighted by atomic mass is 19.1. The highest BCUT2D eigenvalue weighted by molar-refractivity contribution is 6.05. The fourth-order valence-corrected chi connectivity index (χ4v) is 5.07. The van der Waals surface area contributed by atoms with Crippen molar-refractivity contribution < 1.29 is 14.0 Å². The smallest absolute Gasteiger partial charge is 0.319 e. The average Bonchev–Trinajstić information content (AvgIpc) is 3.39. The maximum absolute atomic E-state index is 14.9. The number of aromatic nitrogens is 3. The van der Waals surface area contributed by atoms with Gasteiger partial charge < -0.3 is 20.1 Å². The lowest BCUT2D eigenvalue weighted by Gasteiger charge is -2.28. The number of benzene rings is 2.